The van der Waals surface area contributed by atoms with E-state index in [4.69, 9.17) is 106 Å². The van der Waals surface area contributed by atoms with Crippen LogP contribution < -0.4 is 0 Å². The Morgan fingerprint density at radius 2 is 0.870 bits per heavy atom. The van der Waals surface area contributed by atoms with Crippen LogP contribution in [0.3, 0.4) is 0 Å². The number of Topliss-reactive ketones (excluding diaryl/α,β-unsaturated/α-hetero) is 1. The SMILES string of the molecule is C=C(Br)C[C@H](Cl)CCC(=O)/C=C1/O[C@@H]2C(O[C@H]3CC[C@H](CC)O[C@@H]3[C@@H]2C)[C@H]1O.C=C(Br)C[C@H](Cl)CCC(=O)/C=C1\O[C@@H]2C(O[C@H]3CC[C@H](CC)O[C@@H]3[C@@H]2C)[C@H]1O.C=C(Br)C[C@H](Cl)CCC(=O)C#C[C@H](O[Si](C)(C)C(C)(C)C)[C@@H]1O[C@H]2CC[C@H](CC)O[C@@H]2[C@H](C)[C@@H]1C.O=C=O.O=C=O.O=C=O. The molecule has 0 spiro atoms. The van der Waals surface area contributed by atoms with Gasteiger partial charge in [0.05, 0.1) is 61.0 Å². The molecule has 0 aromatic carbocycles. The first-order valence-electron chi connectivity index (χ1n) is 34.7. The average Bonchev–Trinajstić information content (AvgIpc) is 1.64. The second-order valence-corrected chi connectivity index (χ2v) is 38.3. The highest BCUT2D eigenvalue weighted by atomic mass is 79.9. The van der Waals surface area contributed by atoms with E-state index in [1.807, 2.05) is 0 Å². The van der Waals surface area contributed by atoms with Gasteiger partial charge in [-0.05, 0) is 146 Å². The molecule has 8 saturated heterocycles. The van der Waals surface area contributed by atoms with E-state index in [1.54, 1.807) is 0 Å². The van der Waals surface area contributed by atoms with Crippen molar-refractivity contribution in [3.8, 4) is 11.8 Å². The molecule has 564 valence electrons. The van der Waals surface area contributed by atoms with Crippen LogP contribution in [0.4, 0.5) is 0 Å². The first-order valence-corrected chi connectivity index (χ1v) is 41.3. The molecule has 0 bridgehead atoms. The summed E-state index contributed by atoms with van der Waals surface area (Å²) in [6.45, 7) is 37.5. The monoisotopic (exact) mass is 1670 g/mol. The van der Waals surface area contributed by atoms with Gasteiger partial charge in [-0.1, -0.05) is 143 Å². The number of aliphatic hydroxyl groups is 2. The van der Waals surface area contributed by atoms with Gasteiger partial charge >= 0.3 is 18.5 Å². The normalized spacial score (nSPS) is 33.4. The fourth-order valence-electron chi connectivity index (χ4n) is 13.3. The Balaban J connectivity index is 0.000000370. The van der Waals surface area contributed by atoms with Gasteiger partial charge in [-0.25, -0.2) is 0 Å². The average molecular weight is 1680 g/mol. The maximum atomic E-state index is 12.7. The second kappa shape index (κ2) is 45.0. The molecule has 0 radical (unpaired) electrons. The van der Waals surface area contributed by atoms with Gasteiger partial charge in [-0.15, -0.1) is 34.8 Å². The molecule has 0 saturated carbocycles. The van der Waals surface area contributed by atoms with Gasteiger partial charge in [0, 0.05) is 59.4 Å². The summed E-state index contributed by atoms with van der Waals surface area (Å²) in [5.41, 5.74) is 0. The third kappa shape index (κ3) is 28.5. The Morgan fingerprint density at radius 3 is 1.20 bits per heavy atom. The second-order valence-electron chi connectivity index (χ2n) is 28.4. The minimum absolute atomic E-state index is 0.0230. The van der Waals surface area contributed by atoms with Crippen LogP contribution >= 0.6 is 82.6 Å². The van der Waals surface area contributed by atoms with E-state index in [-0.39, 0.29) is 142 Å². The molecule has 8 aliphatic heterocycles. The molecule has 0 amide bonds. The standard InChI is InChI=1S/C28H46BrClO4Si.2C21H30BrClO5.3CO2/c1-10-23-14-16-24-26(32-23)19(3)20(4)27(33-24)25(34-35(8,9)28(5,6)7)15-13-22(31)12-11-21(30)17-18(2)29;2*1-4-15-7-8-16-19(26-15)12(3)20-21(27-16)18(25)17(28-20)10-14(24)6-5-13(23)9-11(2)22;3*2-1-3/h19-21,23-27H,2,10-12,14,16-17H2,1,3-9H3;2*10,12-13,15-16,18-21,25H,2,4-9H2,1,3H3;;;/b;17-10+;17-10-;;;/t19-,20+,21-,23+,24+,25+,26-,27-;2*12-,13+,15-,16-,18-,19+,20-,21?;;;/m100.../s1. The molecule has 8 fully saturated rings. The van der Waals surface area contributed by atoms with Gasteiger partial charge < -0.3 is 52.5 Å². The third-order valence-electron chi connectivity index (χ3n) is 20.1. The van der Waals surface area contributed by atoms with Crippen molar-refractivity contribution in [3.05, 3.63) is 56.9 Å². The smallest absolute Gasteiger partial charge is 0.373 e. The number of fused-ring (bicyclic) bond motifs is 5. The number of carbonyl (C=O) groups excluding carboxylic acids is 9. The van der Waals surface area contributed by atoms with E-state index >= 15 is 0 Å². The van der Waals surface area contributed by atoms with Gasteiger partial charge in [-0.3, -0.25) is 14.4 Å². The number of rotatable bonds is 23. The Hall–Kier alpha value is -2.82. The number of hydrogen-bond donors (Lipinski definition) is 2. The van der Waals surface area contributed by atoms with Crippen molar-refractivity contribution in [1.29, 1.82) is 0 Å². The highest BCUT2D eigenvalue weighted by molar-refractivity contribution is 9.12. The number of ketones is 3. The van der Waals surface area contributed by atoms with Crippen molar-refractivity contribution in [2.45, 2.75) is 323 Å². The molecule has 27 heteroatoms. The van der Waals surface area contributed by atoms with Crippen molar-refractivity contribution in [2.75, 3.05) is 0 Å². The van der Waals surface area contributed by atoms with Crippen LogP contribution in [-0.4, -0.2) is 174 Å². The first kappa shape index (κ1) is 91.4. The number of halogens is 6. The number of carbonyl (C=O) groups is 3. The van der Waals surface area contributed by atoms with Crippen molar-refractivity contribution in [2.24, 2.45) is 23.7 Å². The number of allylic oxidation sites excluding steroid dienone is 5. The zero-order valence-corrected chi connectivity index (χ0v) is 67.9. The van der Waals surface area contributed by atoms with E-state index in [0.29, 0.717) is 81.3 Å². The number of hydrogen-bond acceptors (Lipinski definition) is 20. The molecule has 2 N–H and O–H groups in total. The fraction of sp³-hybridized carbons (Fsp3) is 0.753. The molecular formula is C73H106Br3Cl3O20Si. The maximum absolute atomic E-state index is 12.7. The van der Waals surface area contributed by atoms with E-state index in [0.717, 1.165) is 71.2 Å². The van der Waals surface area contributed by atoms with Gasteiger partial charge in [0.15, 0.2) is 19.9 Å². The highest BCUT2D eigenvalue weighted by Crippen LogP contribution is 2.47. The lowest BCUT2D eigenvalue weighted by Crippen LogP contribution is -2.58. The largest absolute Gasteiger partial charge is 0.489 e. The third-order valence-corrected chi connectivity index (χ3v) is 26.6. The van der Waals surface area contributed by atoms with E-state index in [9.17, 15) is 24.6 Å². The maximum Gasteiger partial charge on any atom is 0.373 e. The quantitative estimate of drug-likeness (QED) is 0.0316. The minimum atomic E-state index is -2.15. The number of ether oxygens (including phenoxy) is 8. The summed E-state index contributed by atoms with van der Waals surface area (Å²) in [7, 11) is -2.15. The summed E-state index contributed by atoms with van der Waals surface area (Å²) in [5, 5.41) is 20.9. The zero-order chi connectivity index (χ0) is 75.5. The molecule has 8 aliphatic rings. The highest BCUT2D eigenvalue weighted by Gasteiger charge is 2.57. The minimum Gasteiger partial charge on any atom is -0.489 e. The fourth-order valence-corrected chi connectivity index (χ4v) is 17.1. The zero-order valence-electron chi connectivity index (χ0n) is 59.9. The van der Waals surface area contributed by atoms with Gasteiger partial charge in [-0.2, -0.15) is 28.8 Å². The molecule has 20 nitrogen and oxygen atoms in total. The van der Waals surface area contributed by atoms with Crippen molar-refractivity contribution in [3.63, 3.8) is 0 Å². The van der Waals surface area contributed by atoms with Crippen LogP contribution in [-0.2, 0) is 85.5 Å². The molecule has 0 aliphatic carbocycles. The van der Waals surface area contributed by atoms with Crippen LogP contribution in [0.5, 0.6) is 0 Å². The summed E-state index contributed by atoms with van der Waals surface area (Å²) < 4.78 is 59.1. The molecule has 0 aromatic heterocycles. The Labute approximate surface area is 633 Å². The lowest BCUT2D eigenvalue weighted by molar-refractivity contribution is -0.238. The lowest BCUT2D eigenvalue weighted by Gasteiger charge is -2.50. The predicted molar refractivity (Wildman–Crippen MR) is 390 cm³/mol. The summed E-state index contributed by atoms with van der Waals surface area (Å²) in [4.78, 5) is 86.1. The van der Waals surface area contributed by atoms with E-state index in [1.165, 1.54) is 12.2 Å². The van der Waals surface area contributed by atoms with Crippen molar-refractivity contribution >= 4 is 127 Å². The molecule has 24 atom stereocenters. The molecule has 8 heterocycles. The summed E-state index contributed by atoms with van der Waals surface area (Å²) in [6.07, 6.45) is 13.7. The van der Waals surface area contributed by atoms with Gasteiger partial charge in [0.2, 0.25) is 5.78 Å². The Kier molecular flexibility index (Phi) is 41.1. The summed E-state index contributed by atoms with van der Waals surface area (Å²) in [6, 6.07) is 0. The Morgan fingerprint density at radius 1 is 0.540 bits per heavy atom. The van der Waals surface area contributed by atoms with Gasteiger partial charge in [0.25, 0.3) is 0 Å². The van der Waals surface area contributed by atoms with Crippen LogP contribution in [0.15, 0.2) is 56.9 Å². The molecular weight excluding hydrogens is 1570 g/mol. The van der Waals surface area contributed by atoms with E-state index < -0.39 is 38.8 Å². The first-order chi connectivity index (χ1) is 47.0. The summed E-state index contributed by atoms with van der Waals surface area (Å²) in [5.74, 6) is 7.09. The number of aliphatic hydroxyl groups excluding tert-OH is 2. The molecule has 0 aromatic rings. The van der Waals surface area contributed by atoms with Crippen LogP contribution in [0.1, 0.15) is 185 Å². The lowest BCUT2D eigenvalue weighted by atomic mass is 9.77. The van der Waals surface area contributed by atoms with Crippen LogP contribution in [0.25, 0.3) is 0 Å². The van der Waals surface area contributed by atoms with Gasteiger partial charge in [0.1, 0.15) is 54.2 Å². The molecule has 100 heavy (non-hydrogen) atoms. The van der Waals surface area contributed by atoms with Crippen LogP contribution in [0.2, 0.25) is 18.1 Å². The summed E-state index contributed by atoms with van der Waals surface area (Å²) >= 11 is 28.6. The predicted octanol–water partition coefficient (Wildman–Crippen LogP) is 14.4. The van der Waals surface area contributed by atoms with E-state index in [2.05, 4.69) is 162 Å². The van der Waals surface area contributed by atoms with Crippen molar-refractivity contribution in [1.82, 2.24) is 0 Å². The molecule has 2 unspecified atom stereocenters. The number of alkyl halides is 3. The van der Waals surface area contributed by atoms with Crippen molar-refractivity contribution < 1.29 is 95.7 Å². The topological polar surface area (TPSA) is 277 Å². The Bertz CT molecular complexity index is 2760. The van der Waals surface area contributed by atoms with Crippen LogP contribution in [0, 0.1) is 35.5 Å². The molecule has 8 rings (SSSR count).